The summed E-state index contributed by atoms with van der Waals surface area (Å²) in [4.78, 5) is 33.9. The zero-order valence-corrected chi connectivity index (χ0v) is 19.3. The number of rotatable bonds is 6. The van der Waals surface area contributed by atoms with Gasteiger partial charge >= 0.3 is 0 Å². The van der Waals surface area contributed by atoms with Crippen LogP contribution in [0.25, 0.3) is 22.6 Å². The SMILES string of the molecule is CNC(=O)C1OC(n2cnc3c(NCc4cccc(C)n4)nc(-c4cncc(F)c4)nc32)C(O)C1O. The van der Waals surface area contributed by atoms with Crippen LogP contribution in [-0.2, 0) is 16.1 Å². The summed E-state index contributed by atoms with van der Waals surface area (Å²) in [6.07, 6.45) is -1.49. The van der Waals surface area contributed by atoms with E-state index in [2.05, 4.69) is 35.6 Å². The summed E-state index contributed by atoms with van der Waals surface area (Å²) < 4.78 is 21.0. The molecule has 4 atom stereocenters. The molecule has 4 aromatic heterocycles. The number of likely N-dealkylation sites (N-methyl/N-ethyl adjacent to an activating group) is 1. The number of anilines is 1. The Morgan fingerprint density at radius 3 is 2.78 bits per heavy atom. The van der Waals surface area contributed by atoms with Crippen molar-refractivity contribution in [3.05, 3.63) is 60.2 Å². The predicted octanol–water partition coefficient (Wildman–Crippen LogP) is 0.708. The summed E-state index contributed by atoms with van der Waals surface area (Å²) in [5.41, 5.74) is 2.51. The average Bonchev–Trinajstić information content (AvgIpc) is 3.43. The standard InChI is InChI=1S/C23H23FN8O4/c1-11-4-3-5-14(29-11)9-27-20-15-21(31-19(30-20)12-6-13(24)8-26-7-12)32(10-28-15)23-17(34)16(33)18(36-23)22(35)25-2/h3-8,10,16-18,23,33-34H,9H2,1-2H3,(H,25,35)(H,27,30,31). The first kappa shape index (κ1) is 23.7. The van der Waals surface area contributed by atoms with Gasteiger partial charge in [0.25, 0.3) is 5.91 Å². The van der Waals surface area contributed by atoms with Crippen LogP contribution in [0, 0.1) is 12.7 Å². The predicted molar refractivity (Wildman–Crippen MR) is 125 cm³/mol. The van der Waals surface area contributed by atoms with E-state index in [9.17, 15) is 19.4 Å². The number of aromatic nitrogens is 6. The molecule has 186 valence electrons. The number of nitrogens with zero attached hydrogens (tertiary/aromatic N) is 6. The molecule has 4 unspecified atom stereocenters. The number of hydrogen-bond acceptors (Lipinski definition) is 10. The third-order valence-corrected chi connectivity index (χ3v) is 5.78. The van der Waals surface area contributed by atoms with Crippen molar-refractivity contribution in [2.24, 2.45) is 0 Å². The minimum Gasteiger partial charge on any atom is -0.387 e. The van der Waals surface area contributed by atoms with Gasteiger partial charge in [-0.2, -0.15) is 0 Å². The number of aliphatic hydroxyl groups is 2. The largest absolute Gasteiger partial charge is 0.387 e. The summed E-state index contributed by atoms with van der Waals surface area (Å²) >= 11 is 0. The summed E-state index contributed by atoms with van der Waals surface area (Å²) in [6, 6.07) is 6.88. The van der Waals surface area contributed by atoms with Gasteiger partial charge in [0, 0.05) is 24.5 Å². The van der Waals surface area contributed by atoms with Crippen LogP contribution in [0.2, 0.25) is 0 Å². The van der Waals surface area contributed by atoms with Crippen molar-refractivity contribution in [2.45, 2.75) is 38.0 Å². The Kier molecular flexibility index (Phi) is 6.26. The molecule has 0 bridgehead atoms. The lowest BCUT2D eigenvalue weighted by Gasteiger charge is -2.17. The van der Waals surface area contributed by atoms with E-state index in [4.69, 9.17) is 4.74 Å². The van der Waals surface area contributed by atoms with E-state index in [-0.39, 0.29) is 11.5 Å². The number of fused-ring (bicyclic) bond motifs is 1. The van der Waals surface area contributed by atoms with Crippen LogP contribution < -0.4 is 10.6 Å². The first-order valence-corrected chi connectivity index (χ1v) is 11.1. The van der Waals surface area contributed by atoms with Crippen LogP contribution in [0.5, 0.6) is 0 Å². The van der Waals surface area contributed by atoms with Crippen molar-refractivity contribution in [3.63, 3.8) is 0 Å². The molecular formula is C23H23FN8O4. The fourth-order valence-corrected chi connectivity index (χ4v) is 4.01. The number of halogens is 1. The van der Waals surface area contributed by atoms with Crippen LogP contribution in [0.3, 0.4) is 0 Å². The van der Waals surface area contributed by atoms with E-state index in [0.29, 0.717) is 23.4 Å². The van der Waals surface area contributed by atoms with Gasteiger partial charge in [0.1, 0.15) is 18.0 Å². The number of pyridine rings is 2. The maximum Gasteiger partial charge on any atom is 0.251 e. The first-order valence-electron chi connectivity index (χ1n) is 11.1. The second-order valence-electron chi connectivity index (χ2n) is 8.28. The number of hydrogen-bond donors (Lipinski definition) is 4. The Hall–Kier alpha value is -4.07. The Bertz CT molecular complexity index is 1430. The zero-order valence-electron chi connectivity index (χ0n) is 19.3. The highest BCUT2D eigenvalue weighted by Gasteiger charge is 2.47. The quantitative estimate of drug-likeness (QED) is 0.300. The number of ether oxygens (including phenoxy) is 1. The normalized spacial score (nSPS) is 21.6. The number of amides is 1. The third kappa shape index (κ3) is 4.34. The van der Waals surface area contributed by atoms with E-state index in [1.54, 1.807) is 0 Å². The molecule has 36 heavy (non-hydrogen) atoms. The molecule has 1 fully saturated rings. The van der Waals surface area contributed by atoms with Gasteiger partial charge in [0.2, 0.25) is 0 Å². The smallest absolute Gasteiger partial charge is 0.251 e. The number of carbonyl (C=O) groups excluding carboxylic acids is 1. The lowest BCUT2D eigenvalue weighted by Crippen LogP contribution is -2.41. The maximum atomic E-state index is 13.9. The monoisotopic (exact) mass is 494 g/mol. The molecule has 4 N–H and O–H groups in total. The van der Waals surface area contributed by atoms with Crippen LogP contribution in [0.1, 0.15) is 17.6 Å². The number of aliphatic hydroxyl groups excluding tert-OH is 2. The second-order valence-corrected chi connectivity index (χ2v) is 8.28. The van der Waals surface area contributed by atoms with Crippen molar-refractivity contribution in [2.75, 3.05) is 12.4 Å². The van der Waals surface area contributed by atoms with E-state index in [0.717, 1.165) is 17.6 Å². The fraction of sp³-hybridized carbons (Fsp3) is 0.304. The maximum absolute atomic E-state index is 13.9. The number of aryl methyl sites for hydroxylation is 1. The van der Waals surface area contributed by atoms with Gasteiger partial charge in [0.05, 0.1) is 24.8 Å². The van der Waals surface area contributed by atoms with Gasteiger partial charge in [-0.05, 0) is 25.1 Å². The number of nitrogens with one attached hydrogen (secondary N) is 2. The van der Waals surface area contributed by atoms with Crippen LogP contribution in [0.15, 0.2) is 43.0 Å². The molecule has 5 heterocycles. The Morgan fingerprint density at radius 1 is 1.19 bits per heavy atom. The topological polar surface area (TPSA) is 160 Å². The molecule has 12 nitrogen and oxygen atoms in total. The van der Waals surface area contributed by atoms with Gasteiger partial charge in [-0.3, -0.25) is 19.3 Å². The number of imidazole rings is 1. The van der Waals surface area contributed by atoms with Gasteiger partial charge in [-0.25, -0.2) is 19.3 Å². The lowest BCUT2D eigenvalue weighted by atomic mass is 10.1. The molecule has 1 amide bonds. The van der Waals surface area contributed by atoms with Crippen LogP contribution in [0.4, 0.5) is 10.2 Å². The molecule has 13 heteroatoms. The highest BCUT2D eigenvalue weighted by Crippen LogP contribution is 2.33. The fourth-order valence-electron chi connectivity index (χ4n) is 4.01. The average molecular weight is 494 g/mol. The molecule has 4 aromatic rings. The second kappa shape index (κ2) is 9.53. The minimum atomic E-state index is -1.47. The highest BCUT2D eigenvalue weighted by atomic mass is 19.1. The highest BCUT2D eigenvalue weighted by molar-refractivity contribution is 5.85. The summed E-state index contributed by atoms with van der Waals surface area (Å²) in [7, 11) is 1.40. The van der Waals surface area contributed by atoms with E-state index in [1.807, 2.05) is 25.1 Å². The molecule has 5 rings (SSSR count). The van der Waals surface area contributed by atoms with Crippen LogP contribution >= 0.6 is 0 Å². The Morgan fingerprint density at radius 2 is 2.03 bits per heavy atom. The van der Waals surface area contributed by atoms with Crippen molar-refractivity contribution in [1.82, 2.24) is 34.8 Å². The van der Waals surface area contributed by atoms with E-state index in [1.165, 1.54) is 30.2 Å². The third-order valence-electron chi connectivity index (χ3n) is 5.78. The van der Waals surface area contributed by atoms with Gasteiger partial charge < -0.3 is 25.6 Å². The van der Waals surface area contributed by atoms with Gasteiger partial charge in [0.15, 0.2) is 35.1 Å². The first-order chi connectivity index (χ1) is 17.4. The number of carbonyl (C=O) groups is 1. The molecule has 0 saturated carbocycles. The molecule has 0 radical (unpaired) electrons. The zero-order chi connectivity index (χ0) is 25.4. The molecular weight excluding hydrogens is 471 g/mol. The Labute approximate surface area is 204 Å². The van der Waals surface area contributed by atoms with Gasteiger partial charge in [-0.1, -0.05) is 6.07 Å². The van der Waals surface area contributed by atoms with E-state index < -0.39 is 36.3 Å². The molecule has 1 aliphatic heterocycles. The minimum absolute atomic E-state index is 0.145. The van der Waals surface area contributed by atoms with Crippen molar-refractivity contribution >= 4 is 22.9 Å². The summed E-state index contributed by atoms with van der Waals surface area (Å²) in [6.45, 7) is 2.21. The van der Waals surface area contributed by atoms with E-state index >= 15 is 0 Å². The molecule has 0 spiro atoms. The van der Waals surface area contributed by atoms with Gasteiger partial charge in [-0.15, -0.1) is 0 Å². The van der Waals surface area contributed by atoms with Crippen LogP contribution in [-0.4, -0.2) is 71.0 Å². The molecule has 0 aliphatic carbocycles. The lowest BCUT2D eigenvalue weighted by molar-refractivity contribution is -0.137. The van der Waals surface area contributed by atoms with Crippen molar-refractivity contribution in [1.29, 1.82) is 0 Å². The molecule has 0 aromatic carbocycles. The molecule has 1 aliphatic rings. The summed E-state index contributed by atoms with van der Waals surface area (Å²) in [5.74, 6) is -0.666. The Balaban J connectivity index is 1.58. The van der Waals surface area contributed by atoms with Crippen molar-refractivity contribution < 1.29 is 24.1 Å². The van der Waals surface area contributed by atoms with Crippen molar-refractivity contribution in [3.8, 4) is 11.4 Å². The summed E-state index contributed by atoms with van der Waals surface area (Å²) in [5, 5.41) is 26.6. The molecule has 1 saturated heterocycles.